The van der Waals surface area contributed by atoms with Gasteiger partial charge < -0.3 is 23.9 Å². The summed E-state index contributed by atoms with van der Waals surface area (Å²) in [5.74, 6) is 1.83. The van der Waals surface area contributed by atoms with Crippen molar-refractivity contribution in [3.63, 3.8) is 0 Å². The summed E-state index contributed by atoms with van der Waals surface area (Å²) in [7, 11) is 4.04. The number of nitrogens with one attached hydrogen (secondary N) is 1. The number of halogens is 2. The normalized spacial score (nSPS) is 17.0. The predicted molar refractivity (Wildman–Crippen MR) is 119 cm³/mol. The summed E-state index contributed by atoms with van der Waals surface area (Å²) < 4.78 is 13.1. The quantitative estimate of drug-likeness (QED) is 0.354. The van der Waals surface area contributed by atoms with Gasteiger partial charge in [0.2, 0.25) is 0 Å². The minimum Gasteiger partial charge on any atom is -0.469 e. The standard InChI is InChI=1S/C19H27ClN4O2.HI/c1-23-13-15(20)11-16(23)14-24(2)19(22-12-18-6-4-10-26-18)21-8-7-17-5-3-9-25-17;/h3,5,9,11,13,18H,4,6-8,10,12,14H2,1-2H3,(H,21,22);1H. The average Bonchev–Trinajstić information content (AvgIpc) is 3.34. The van der Waals surface area contributed by atoms with E-state index >= 15 is 0 Å². The van der Waals surface area contributed by atoms with E-state index in [4.69, 9.17) is 25.7 Å². The Hall–Kier alpha value is -1.19. The molecule has 1 aliphatic heterocycles. The molecule has 3 heterocycles. The maximum Gasteiger partial charge on any atom is 0.194 e. The third kappa shape index (κ3) is 6.73. The molecule has 0 bridgehead atoms. The minimum absolute atomic E-state index is 0. The summed E-state index contributed by atoms with van der Waals surface area (Å²) >= 11 is 6.10. The molecule has 3 rings (SSSR count). The third-order valence-electron chi connectivity index (χ3n) is 4.54. The summed E-state index contributed by atoms with van der Waals surface area (Å²) in [5, 5.41) is 4.20. The van der Waals surface area contributed by atoms with Gasteiger partial charge in [-0.3, -0.25) is 4.99 Å². The molecule has 0 radical (unpaired) electrons. The fraction of sp³-hybridized carbons (Fsp3) is 0.526. The molecule has 1 atom stereocenters. The Labute approximate surface area is 182 Å². The van der Waals surface area contributed by atoms with E-state index in [9.17, 15) is 0 Å². The van der Waals surface area contributed by atoms with Gasteiger partial charge in [-0.2, -0.15) is 0 Å². The largest absolute Gasteiger partial charge is 0.469 e. The zero-order valence-electron chi connectivity index (χ0n) is 15.9. The van der Waals surface area contributed by atoms with Crippen molar-refractivity contribution in [1.82, 2.24) is 14.8 Å². The molecule has 0 amide bonds. The van der Waals surface area contributed by atoms with Gasteiger partial charge in [0.1, 0.15) is 5.76 Å². The summed E-state index contributed by atoms with van der Waals surface area (Å²) in [5.41, 5.74) is 1.13. The van der Waals surface area contributed by atoms with Crippen molar-refractivity contribution in [2.45, 2.75) is 31.9 Å². The molecule has 1 aliphatic rings. The van der Waals surface area contributed by atoms with E-state index in [0.717, 1.165) is 61.4 Å². The number of aryl methyl sites for hydroxylation is 1. The second-order valence-corrected chi connectivity index (χ2v) is 7.11. The lowest BCUT2D eigenvalue weighted by molar-refractivity contribution is 0.117. The van der Waals surface area contributed by atoms with Crippen molar-refractivity contribution < 1.29 is 9.15 Å². The van der Waals surface area contributed by atoms with Crippen molar-refractivity contribution in [1.29, 1.82) is 0 Å². The number of furan rings is 1. The van der Waals surface area contributed by atoms with Gasteiger partial charge in [-0.15, -0.1) is 24.0 Å². The zero-order valence-corrected chi connectivity index (χ0v) is 18.9. The average molecular weight is 507 g/mol. The van der Waals surface area contributed by atoms with E-state index < -0.39 is 0 Å². The van der Waals surface area contributed by atoms with Gasteiger partial charge in [-0.05, 0) is 31.0 Å². The molecule has 0 aliphatic carbocycles. The van der Waals surface area contributed by atoms with Crippen molar-refractivity contribution in [2.75, 3.05) is 26.7 Å². The Morgan fingerprint density at radius 3 is 2.96 bits per heavy atom. The van der Waals surface area contributed by atoms with Gasteiger partial charge in [-0.1, -0.05) is 11.6 Å². The molecule has 1 unspecified atom stereocenters. The number of aliphatic imine (C=N–C) groups is 1. The maximum atomic E-state index is 6.10. The van der Waals surface area contributed by atoms with E-state index in [0.29, 0.717) is 6.54 Å². The zero-order chi connectivity index (χ0) is 18.4. The highest BCUT2D eigenvalue weighted by atomic mass is 127. The van der Waals surface area contributed by atoms with Crippen LogP contribution >= 0.6 is 35.6 Å². The van der Waals surface area contributed by atoms with E-state index in [1.54, 1.807) is 6.26 Å². The smallest absolute Gasteiger partial charge is 0.194 e. The van der Waals surface area contributed by atoms with Crippen molar-refractivity contribution in [2.24, 2.45) is 12.0 Å². The van der Waals surface area contributed by atoms with Crippen molar-refractivity contribution in [3.05, 3.63) is 47.1 Å². The van der Waals surface area contributed by atoms with Gasteiger partial charge >= 0.3 is 0 Å². The molecule has 6 nitrogen and oxygen atoms in total. The van der Waals surface area contributed by atoms with Crippen molar-refractivity contribution >= 4 is 41.5 Å². The predicted octanol–water partition coefficient (Wildman–Crippen LogP) is 3.69. The molecular formula is C19H28ClIN4O2. The molecular weight excluding hydrogens is 479 g/mol. The molecule has 8 heteroatoms. The SMILES string of the molecule is CN(Cc1cc(Cl)cn1C)C(=NCC1CCCO1)NCCc1ccco1.I. The summed E-state index contributed by atoms with van der Waals surface area (Å²) in [6.45, 7) is 3.01. The first-order valence-electron chi connectivity index (χ1n) is 9.06. The van der Waals surface area contributed by atoms with E-state index in [1.165, 1.54) is 0 Å². The minimum atomic E-state index is 0. The Bertz CT molecular complexity index is 711. The molecule has 1 fully saturated rings. The number of rotatable bonds is 7. The van der Waals surface area contributed by atoms with Crippen LogP contribution in [0.25, 0.3) is 0 Å². The van der Waals surface area contributed by atoms with Crippen LogP contribution in [0.3, 0.4) is 0 Å². The fourth-order valence-corrected chi connectivity index (χ4v) is 3.35. The fourth-order valence-electron chi connectivity index (χ4n) is 3.08. The van der Waals surface area contributed by atoms with E-state index in [2.05, 4.69) is 10.2 Å². The Morgan fingerprint density at radius 1 is 1.48 bits per heavy atom. The van der Waals surface area contributed by atoms with E-state index in [-0.39, 0.29) is 30.1 Å². The topological polar surface area (TPSA) is 54.9 Å². The second-order valence-electron chi connectivity index (χ2n) is 6.67. The number of hydrogen-bond acceptors (Lipinski definition) is 3. The first kappa shape index (κ1) is 22.1. The van der Waals surface area contributed by atoms with Crippen LogP contribution in [0.4, 0.5) is 0 Å². The molecule has 2 aromatic rings. The van der Waals surface area contributed by atoms with Gasteiger partial charge in [0.15, 0.2) is 5.96 Å². The number of guanidine groups is 1. The molecule has 27 heavy (non-hydrogen) atoms. The lowest BCUT2D eigenvalue weighted by Gasteiger charge is -2.23. The number of hydrogen-bond donors (Lipinski definition) is 1. The van der Waals surface area contributed by atoms with Crippen LogP contribution < -0.4 is 5.32 Å². The Balaban J connectivity index is 0.00000261. The van der Waals surface area contributed by atoms with Gasteiger partial charge in [0, 0.05) is 45.6 Å². The molecule has 0 saturated carbocycles. The van der Waals surface area contributed by atoms with Gasteiger partial charge in [-0.25, -0.2) is 0 Å². The monoisotopic (exact) mass is 506 g/mol. The highest BCUT2D eigenvalue weighted by Crippen LogP contribution is 2.15. The lowest BCUT2D eigenvalue weighted by atomic mass is 10.2. The number of aromatic nitrogens is 1. The summed E-state index contributed by atoms with van der Waals surface area (Å²) in [4.78, 5) is 6.90. The maximum absolute atomic E-state index is 6.10. The van der Waals surface area contributed by atoms with Gasteiger partial charge in [0.05, 0.1) is 30.5 Å². The van der Waals surface area contributed by atoms with Crippen LogP contribution in [-0.4, -0.2) is 48.3 Å². The first-order valence-corrected chi connectivity index (χ1v) is 9.44. The first-order chi connectivity index (χ1) is 12.6. The van der Waals surface area contributed by atoms with Crippen LogP contribution in [0.5, 0.6) is 0 Å². The molecule has 150 valence electrons. The van der Waals surface area contributed by atoms with Crippen molar-refractivity contribution in [3.8, 4) is 0 Å². The highest BCUT2D eigenvalue weighted by Gasteiger charge is 2.16. The molecule has 2 aromatic heterocycles. The van der Waals surface area contributed by atoms with Crippen LogP contribution in [0, 0.1) is 0 Å². The summed E-state index contributed by atoms with van der Waals surface area (Å²) in [6.07, 6.45) is 6.87. The van der Waals surface area contributed by atoms with Crippen LogP contribution in [0.2, 0.25) is 5.02 Å². The Morgan fingerprint density at radius 2 is 2.33 bits per heavy atom. The highest BCUT2D eigenvalue weighted by molar-refractivity contribution is 14.0. The summed E-state index contributed by atoms with van der Waals surface area (Å²) in [6, 6.07) is 5.88. The number of ether oxygens (including phenoxy) is 1. The Kier molecular flexibility index (Phi) is 8.98. The van der Waals surface area contributed by atoms with Crippen LogP contribution in [0.15, 0.2) is 40.1 Å². The molecule has 1 saturated heterocycles. The third-order valence-corrected chi connectivity index (χ3v) is 4.75. The number of nitrogens with zero attached hydrogens (tertiary/aromatic N) is 3. The van der Waals surface area contributed by atoms with Crippen LogP contribution in [-0.2, 0) is 24.8 Å². The second kappa shape index (κ2) is 11.0. The molecule has 1 N–H and O–H groups in total. The molecule has 0 aromatic carbocycles. The molecule has 0 spiro atoms. The lowest BCUT2D eigenvalue weighted by Crippen LogP contribution is -2.40. The van der Waals surface area contributed by atoms with E-state index in [1.807, 2.05) is 43.1 Å². The van der Waals surface area contributed by atoms with Crippen LogP contribution in [0.1, 0.15) is 24.3 Å². The van der Waals surface area contributed by atoms with Gasteiger partial charge in [0.25, 0.3) is 0 Å².